The second-order valence-electron chi connectivity index (χ2n) is 8.13. The molecule has 1 aliphatic rings. The Kier molecular flexibility index (Phi) is 7.06. The van der Waals surface area contributed by atoms with Crippen molar-refractivity contribution in [2.24, 2.45) is 4.99 Å². The summed E-state index contributed by atoms with van der Waals surface area (Å²) < 4.78 is 5.31. The quantitative estimate of drug-likeness (QED) is 0.425. The zero-order valence-electron chi connectivity index (χ0n) is 18.2. The smallest absolute Gasteiger partial charge is 0.119 e. The van der Waals surface area contributed by atoms with E-state index in [-0.39, 0.29) is 6.04 Å². The first kappa shape index (κ1) is 21.6. The van der Waals surface area contributed by atoms with E-state index in [1.807, 2.05) is 36.5 Å². The first-order valence-electron chi connectivity index (χ1n) is 10.9. The summed E-state index contributed by atoms with van der Waals surface area (Å²) in [4.78, 5) is 7.46. The summed E-state index contributed by atoms with van der Waals surface area (Å²) in [6.07, 6.45) is 4.09. The van der Waals surface area contributed by atoms with Gasteiger partial charge in [-0.05, 0) is 66.3 Å². The largest absolute Gasteiger partial charge is 0.497 e. The zero-order chi connectivity index (χ0) is 21.6. The van der Waals surface area contributed by atoms with Crippen LogP contribution in [0.4, 0.5) is 0 Å². The predicted octanol–water partition coefficient (Wildman–Crippen LogP) is 6.33. The number of halogens is 1. The van der Waals surface area contributed by atoms with E-state index >= 15 is 0 Å². The molecule has 1 unspecified atom stereocenters. The van der Waals surface area contributed by atoms with Crippen LogP contribution < -0.4 is 4.74 Å². The summed E-state index contributed by atoms with van der Waals surface area (Å²) in [6.45, 7) is 4.23. The Morgan fingerprint density at radius 3 is 2.45 bits per heavy atom. The monoisotopic (exact) mass is 432 g/mol. The molecule has 3 nitrogen and oxygen atoms in total. The highest BCUT2D eigenvalue weighted by Gasteiger charge is 2.27. The molecule has 31 heavy (non-hydrogen) atoms. The fourth-order valence-electron chi connectivity index (χ4n) is 4.33. The maximum Gasteiger partial charge on any atom is 0.119 e. The molecule has 0 aliphatic carbocycles. The van der Waals surface area contributed by atoms with Crippen molar-refractivity contribution in [3.05, 3.63) is 100 Å². The Labute approximate surface area is 190 Å². The van der Waals surface area contributed by atoms with E-state index in [0.29, 0.717) is 6.04 Å². The van der Waals surface area contributed by atoms with Gasteiger partial charge in [-0.1, -0.05) is 60.1 Å². The highest BCUT2D eigenvalue weighted by Crippen LogP contribution is 2.34. The van der Waals surface area contributed by atoms with Crippen LogP contribution in [0.5, 0.6) is 5.75 Å². The molecule has 0 N–H and O–H groups in total. The molecule has 0 aromatic heterocycles. The maximum atomic E-state index is 6.17. The third kappa shape index (κ3) is 5.36. The molecule has 1 fully saturated rings. The van der Waals surface area contributed by atoms with Crippen molar-refractivity contribution in [3.63, 3.8) is 0 Å². The van der Waals surface area contributed by atoms with Gasteiger partial charge in [-0.2, -0.15) is 0 Å². The number of aryl methyl sites for hydroxylation is 1. The van der Waals surface area contributed by atoms with Gasteiger partial charge in [0.15, 0.2) is 0 Å². The molecule has 160 valence electrons. The fourth-order valence-corrected chi connectivity index (χ4v) is 4.46. The Balaban J connectivity index is 1.49. The van der Waals surface area contributed by atoms with Gasteiger partial charge in [-0.25, -0.2) is 0 Å². The van der Waals surface area contributed by atoms with Crippen molar-refractivity contribution >= 4 is 17.8 Å². The third-order valence-electron chi connectivity index (χ3n) is 6.06. The molecule has 1 saturated heterocycles. The molecule has 0 saturated carbocycles. The Bertz CT molecular complexity index is 1020. The molecular formula is C27H29ClN2O. The van der Waals surface area contributed by atoms with Crippen molar-refractivity contribution in [2.45, 2.75) is 31.8 Å². The lowest BCUT2D eigenvalue weighted by molar-refractivity contribution is 0.175. The second-order valence-corrected chi connectivity index (χ2v) is 8.57. The molecule has 3 aromatic rings. The Morgan fingerprint density at radius 2 is 1.74 bits per heavy atom. The standard InChI is InChI=1S/C27H29ClN2O/c1-20-6-3-4-9-26(20)27(22-10-12-23(28)13-11-22)30-16-14-24(15-17-30)29-19-21-7-5-8-25(18-21)31-2/h3-13,18-19,24,27H,14-17H2,1-2H3. The molecule has 1 atom stereocenters. The van der Waals surface area contributed by atoms with E-state index in [0.717, 1.165) is 42.3 Å². The summed E-state index contributed by atoms with van der Waals surface area (Å²) in [7, 11) is 1.69. The second kappa shape index (κ2) is 10.1. The summed E-state index contributed by atoms with van der Waals surface area (Å²) in [6, 6.07) is 25.6. The van der Waals surface area contributed by atoms with Crippen LogP contribution in [0.1, 0.15) is 41.1 Å². The van der Waals surface area contributed by atoms with Gasteiger partial charge in [0.1, 0.15) is 5.75 Å². The lowest BCUT2D eigenvalue weighted by Crippen LogP contribution is -2.38. The van der Waals surface area contributed by atoms with Crippen LogP contribution in [0, 0.1) is 6.92 Å². The van der Waals surface area contributed by atoms with Gasteiger partial charge in [0.2, 0.25) is 0 Å². The van der Waals surface area contributed by atoms with Gasteiger partial charge in [0.05, 0.1) is 19.2 Å². The number of methoxy groups -OCH3 is 1. The van der Waals surface area contributed by atoms with E-state index < -0.39 is 0 Å². The van der Waals surface area contributed by atoms with Crippen LogP contribution in [0.25, 0.3) is 0 Å². The molecule has 1 aliphatic heterocycles. The average molecular weight is 433 g/mol. The number of nitrogens with zero attached hydrogens (tertiary/aromatic N) is 2. The van der Waals surface area contributed by atoms with Crippen LogP contribution in [-0.4, -0.2) is 37.4 Å². The van der Waals surface area contributed by atoms with Crippen LogP contribution in [0.15, 0.2) is 77.8 Å². The zero-order valence-corrected chi connectivity index (χ0v) is 18.9. The minimum absolute atomic E-state index is 0.238. The van der Waals surface area contributed by atoms with Crippen molar-refractivity contribution < 1.29 is 4.74 Å². The first-order valence-corrected chi connectivity index (χ1v) is 11.2. The number of rotatable bonds is 6. The van der Waals surface area contributed by atoms with Crippen LogP contribution in [0.3, 0.4) is 0 Å². The van der Waals surface area contributed by atoms with Gasteiger partial charge in [-0.15, -0.1) is 0 Å². The minimum atomic E-state index is 0.238. The van der Waals surface area contributed by atoms with Gasteiger partial charge in [0, 0.05) is 24.3 Å². The van der Waals surface area contributed by atoms with Gasteiger partial charge in [0.25, 0.3) is 0 Å². The molecule has 0 spiro atoms. The predicted molar refractivity (Wildman–Crippen MR) is 130 cm³/mol. The van der Waals surface area contributed by atoms with E-state index in [1.54, 1.807) is 7.11 Å². The summed E-state index contributed by atoms with van der Waals surface area (Å²) in [5.41, 5.74) is 5.06. The number of ether oxygens (including phenoxy) is 1. The summed E-state index contributed by atoms with van der Waals surface area (Å²) in [5, 5.41) is 0.776. The Hall–Kier alpha value is -2.62. The Morgan fingerprint density at radius 1 is 1.00 bits per heavy atom. The van der Waals surface area contributed by atoms with Crippen molar-refractivity contribution in [1.82, 2.24) is 4.90 Å². The summed E-state index contributed by atoms with van der Waals surface area (Å²) >= 11 is 6.17. The highest BCUT2D eigenvalue weighted by molar-refractivity contribution is 6.30. The molecule has 0 bridgehead atoms. The molecule has 1 heterocycles. The highest BCUT2D eigenvalue weighted by atomic mass is 35.5. The van der Waals surface area contributed by atoms with Crippen molar-refractivity contribution in [2.75, 3.05) is 20.2 Å². The number of hydrogen-bond acceptors (Lipinski definition) is 3. The fraction of sp³-hybridized carbons (Fsp3) is 0.296. The van der Waals surface area contributed by atoms with Crippen LogP contribution in [0.2, 0.25) is 5.02 Å². The van der Waals surface area contributed by atoms with E-state index in [4.69, 9.17) is 21.3 Å². The lowest BCUT2D eigenvalue weighted by Gasteiger charge is -2.37. The third-order valence-corrected chi connectivity index (χ3v) is 6.31. The molecular weight excluding hydrogens is 404 g/mol. The molecule has 3 aromatic carbocycles. The number of piperidine rings is 1. The number of hydrogen-bond donors (Lipinski definition) is 0. The number of likely N-dealkylation sites (tertiary alicyclic amines) is 1. The van der Waals surface area contributed by atoms with E-state index in [1.165, 1.54) is 16.7 Å². The molecule has 4 rings (SSSR count). The van der Waals surface area contributed by atoms with Crippen molar-refractivity contribution in [3.8, 4) is 5.75 Å². The lowest BCUT2D eigenvalue weighted by atomic mass is 9.91. The topological polar surface area (TPSA) is 24.8 Å². The molecule has 0 radical (unpaired) electrons. The normalized spacial score (nSPS) is 16.5. The summed E-state index contributed by atoms with van der Waals surface area (Å²) in [5.74, 6) is 0.864. The number of benzene rings is 3. The van der Waals surface area contributed by atoms with Gasteiger partial charge < -0.3 is 4.74 Å². The van der Waals surface area contributed by atoms with Crippen molar-refractivity contribution in [1.29, 1.82) is 0 Å². The van der Waals surface area contributed by atoms with E-state index in [9.17, 15) is 0 Å². The van der Waals surface area contributed by atoms with Crippen LogP contribution >= 0.6 is 11.6 Å². The first-order chi connectivity index (χ1) is 15.1. The SMILES string of the molecule is COc1cccc(C=NC2CCN(C(c3ccc(Cl)cc3)c3ccccc3C)CC2)c1. The average Bonchev–Trinajstić information content (AvgIpc) is 2.81. The minimum Gasteiger partial charge on any atom is -0.497 e. The van der Waals surface area contributed by atoms with E-state index in [2.05, 4.69) is 54.3 Å². The van der Waals surface area contributed by atoms with Gasteiger partial charge in [-0.3, -0.25) is 9.89 Å². The van der Waals surface area contributed by atoms with Gasteiger partial charge >= 0.3 is 0 Å². The van der Waals surface area contributed by atoms with Crippen LogP contribution in [-0.2, 0) is 0 Å². The molecule has 0 amide bonds. The molecule has 4 heteroatoms. The maximum absolute atomic E-state index is 6.17. The number of aliphatic imine (C=N–C) groups is 1.